The Morgan fingerprint density at radius 2 is 2.20 bits per heavy atom. The molecule has 0 aromatic carbocycles. The molecule has 2 heterocycles. The first-order valence-electron chi connectivity index (χ1n) is 9.20. The predicted molar refractivity (Wildman–Crippen MR) is 94.8 cm³/mol. The number of aromatic nitrogens is 2. The summed E-state index contributed by atoms with van der Waals surface area (Å²) in [6, 6.07) is 6.51. The van der Waals surface area contributed by atoms with E-state index in [1.54, 1.807) is 6.20 Å². The number of anilines is 1. The van der Waals surface area contributed by atoms with Crippen molar-refractivity contribution in [3.05, 3.63) is 18.3 Å². The van der Waals surface area contributed by atoms with Gasteiger partial charge in [0.1, 0.15) is 5.54 Å². The topological polar surface area (TPSA) is 93.9 Å². The van der Waals surface area contributed by atoms with Gasteiger partial charge in [-0.2, -0.15) is 10.4 Å². The molecule has 134 valence electrons. The van der Waals surface area contributed by atoms with E-state index < -0.39 is 5.54 Å². The summed E-state index contributed by atoms with van der Waals surface area (Å²) in [4.78, 5) is 14.5. The summed E-state index contributed by atoms with van der Waals surface area (Å²) in [5.74, 6) is 0.800. The fourth-order valence-electron chi connectivity index (χ4n) is 3.88. The third-order valence-electron chi connectivity index (χ3n) is 5.19. The summed E-state index contributed by atoms with van der Waals surface area (Å²) < 4.78 is 0. The summed E-state index contributed by atoms with van der Waals surface area (Å²) in [6.07, 6.45) is 8.56. The van der Waals surface area contributed by atoms with Crippen LogP contribution in [0.2, 0.25) is 0 Å². The van der Waals surface area contributed by atoms with Gasteiger partial charge in [0.15, 0.2) is 5.82 Å². The molecule has 1 atom stereocenters. The molecule has 2 N–H and O–H groups in total. The van der Waals surface area contributed by atoms with Crippen LogP contribution in [0.15, 0.2) is 18.3 Å². The van der Waals surface area contributed by atoms with Crippen LogP contribution in [0, 0.1) is 11.3 Å². The molecule has 7 nitrogen and oxygen atoms in total. The van der Waals surface area contributed by atoms with Crippen LogP contribution in [0.5, 0.6) is 0 Å². The molecule has 2 aliphatic rings. The standard InChI is InChI=1S/C18H26N6O/c19-14-18(8-2-1-3-9-18)22-17(25)13-20-12-15-6-5-11-24(15)16-7-4-10-21-23-16/h4,7,10,15,20H,1-3,5-6,8-9,11-13H2,(H,22,25). The molecule has 1 aliphatic heterocycles. The van der Waals surface area contributed by atoms with Gasteiger partial charge in [0.2, 0.25) is 5.91 Å². The number of rotatable bonds is 6. The number of nitrogens with zero attached hydrogens (tertiary/aromatic N) is 4. The Kier molecular flexibility index (Phi) is 5.82. The molecule has 25 heavy (non-hydrogen) atoms. The van der Waals surface area contributed by atoms with Crippen molar-refractivity contribution in [3.63, 3.8) is 0 Å². The zero-order valence-electron chi connectivity index (χ0n) is 14.6. The van der Waals surface area contributed by atoms with Crippen LogP contribution in [-0.2, 0) is 4.79 Å². The fourth-order valence-corrected chi connectivity index (χ4v) is 3.88. The van der Waals surface area contributed by atoms with Gasteiger partial charge in [0, 0.05) is 25.3 Å². The molecule has 0 bridgehead atoms. The Morgan fingerprint density at radius 1 is 1.36 bits per heavy atom. The predicted octanol–water partition coefficient (Wildman–Crippen LogP) is 1.38. The van der Waals surface area contributed by atoms with Crippen molar-refractivity contribution in [2.75, 3.05) is 24.5 Å². The van der Waals surface area contributed by atoms with Crippen molar-refractivity contribution < 1.29 is 4.79 Å². The molecule has 1 unspecified atom stereocenters. The summed E-state index contributed by atoms with van der Waals surface area (Å²) in [7, 11) is 0. The molecular weight excluding hydrogens is 316 g/mol. The normalized spacial score (nSPS) is 22.4. The second-order valence-electron chi connectivity index (χ2n) is 7.00. The van der Waals surface area contributed by atoms with Gasteiger partial charge in [0.25, 0.3) is 0 Å². The second kappa shape index (κ2) is 8.26. The van der Waals surface area contributed by atoms with Gasteiger partial charge in [-0.15, -0.1) is 5.10 Å². The van der Waals surface area contributed by atoms with E-state index in [4.69, 9.17) is 0 Å². The van der Waals surface area contributed by atoms with Crippen molar-refractivity contribution >= 4 is 11.7 Å². The molecule has 0 spiro atoms. The summed E-state index contributed by atoms with van der Waals surface area (Å²) in [5, 5.41) is 23.8. The maximum atomic E-state index is 12.2. The third kappa shape index (κ3) is 4.45. The number of carbonyl (C=O) groups is 1. The first-order chi connectivity index (χ1) is 12.2. The van der Waals surface area contributed by atoms with Gasteiger partial charge in [0.05, 0.1) is 12.6 Å². The number of nitrogens with one attached hydrogen (secondary N) is 2. The largest absolute Gasteiger partial charge is 0.351 e. The van der Waals surface area contributed by atoms with Gasteiger partial charge in [-0.1, -0.05) is 19.3 Å². The average molecular weight is 342 g/mol. The Bertz CT molecular complexity index is 608. The van der Waals surface area contributed by atoms with E-state index in [0.717, 1.165) is 63.9 Å². The van der Waals surface area contributed by atoms with Crippen molar-refractivity contribution in [2.45, 2.75) is 56.5 Å². The van der Waals surface area contributed by atoms with Crippen LogP contribution < -0.4 is 15.5 Å². The highest BCUT2D eigenvalue weighted by atomic mass is 16.2. The molecule has 1 saturated heterocycles. The van der Waals surface area contributed by atoms with E-state index in [0.29, 0.717) is 6.04 Å². The molecule has 1 aliphatic carbocycles. The quantitative estimate of drug-likeness (QED) is 0.811. The lowest BCUT2D eigenvalue weighted by Gasteiger charge is -2.31. The highest BCUT2D eigenvalue weighted by molar-refractivity contribution is 5.79. The van der Waals surface area contributed by atoms with Crippen molar-refractivity contribution in [2.24, 2.45) is 0 Å². The average Bonchev–Trinajstić information content (AvgIpc) is 3.12. The lowest BCUT2D eigenvalue weighted by atomic mass is 9.83. The van der Waals surface area contributed by atoms with Crippen LogP contribution in [0.4, 0.5) is 5.82 Å². The van der Waals surface area contributed by atoms with Gasteiger partial charge in [-0.3, -0.25) is 4.79 Å². The molecular formula is C18H26N6O. The first kappa shape index (κ1) is 17.6. The maximum absolute atomic E-state index is 12.2. The van der Waals surface area contributed by atoms with Crippen molar-refractivity contribution in [3.8, 4) is 6.07 Å². The monoisotopic (exact) mass is 342 g/mol. The summed E-state index contributed by atoms with van der Waals surface area (Å²) in [6.45, 7) is 1.94. The lowest BCUT2D eigenvalue weighted by molar-refractivity contribution is -0.121. The molecule has 1 aromatic rings. The minimum atomic E-state index is -0.657. The lowest BCUT2D eigenvalue weighted by Crippen LogP contribution is -2.52. The highest BCUT2D eigenvalue weighted by Crippen LogP contribution is 2.27. The van der Waals surface area contributed by atoms with Crippen molar-refractivity contribution in [1.82, 2.24) is 20.8 Å². The zero-order valence-corrected chi connectivity index (χ0v) is 14.6. The molecule has 7 heteroatoms. The van der Waals surface area contributed by atoms with Gasteiger partial charge in [-0.05, 0) is 37.8 Å². The van der Waals surface area contributed by atoms with Crippen LogP contribution in [0.3, 0.4) is 0 Å². The molecule has 1 saturated carbocycles. The first-order valence-corrected chi connectivity index (χ1v) is 9.20. The van der Waals surface area contributed by atoms with E-state index in [1.165, 1.54) is 0 Å². The Balaban J connectivity index is 1.46. The minimum absolute atomic E-state index is 0.0903. The van der Waals surface area contributed by atoms with Gasteiger partial charge in [-0.25, -0.2) is 0 Å². The number of hydrogen-bond acceptors (Lipinski definition) is 6. The highest BCUT2D eigenvalue weighted by Gasteiger charge is 2.33. The Hall–Kier alpha value is -2.20. The van der Waals surface area contributed by atoms with Crippen LogP contribution in [0.25, 0.3) is 0 Å². The molecule has 1 aromatic heterocycles. The Labute approximate surface area is 148 Å². The van der Waals surface area contributed by atoms with Crippen LogP contribution >= 0.6 is 0 Å². The molecule has 1 amide bonds. The number of nitriles is 1. The number of amides is 1. The van der Waals surface area contributed by atoms with Gasteiger partial charge >= 0.3 is 0 Å². The minimum Gasteiger partial charge on any atom is -0.351 e. The fraction of sp³-hybridized carbons (Fsp3) is 0.667. The van der Waals surface area contributed by atoms with E-state index in [-0.39, 0.29) is 12.5 Å². The second-order valence-corrected chi connectivity index (χ2v) is 7.00. The van der Waals surface area contributed by atoms with Crippen LogP contribution in [0.1, 0.15) is 44.9 Å². The maximum Gasteiger partial charge on any atom is 0.235 e. The van der Waals surface area contributed by atoms with E-state index in [2.05, 4.69) is 31.8 Å². The van der Waals surface area contributed by atoms with Crippen LogP contribution in [-0.4, -0.2) is 47.3 Å². The summed E-state index contributed by atoms with van der Waals surface area (Å²) in [5.41, 5.74) is -0.657. The zero-order chi connectivity index (χ0) is 17.5. The van der Waals surface area contributed by atoms with E-state index >= 15 is 0 Å². The van der Waals surface area contributed by atoms with Gasteiger partial charge < -0.3 is 15.5 Å². The number of hydrogen-bond donors (Lipinski definition) is 2. The van der Waals surface area contributed by atoms with Crippen molar-refractivity contribution in [1.29, 1.82) is 5.26 Å². The van der Waals surface area contributed by atoms with E-state index in [9.17, 15) is 10.1 Å². The molecule has 0 radical (unpaired) electrons. The Morgan fingerprint density at radius 3 is 2.92 bits per heavy atom. The number of carbonyl (C=O) groups excluding carboxylic acids is 1. The molecule has 2 fully saturated rings. The smallest absolute Gasteiger partial charge is 0.235 e. The SMILES string of the molecule is N#CC1(NC(=O)CNCC2CCCN2c2cccnn2)CCCCC1. The summed E-state index contributed by atoms with van der Waals surface area (Å²) >= 11 is 0. The van der Waals surface area contributed by atoms with E-state index in [1.807, 2.05) is 12.1 Å². The third-order valence-corrected chi connectivity index (χ3v) is 5.19. The molecule has 3 rings (SSSR count).